The highest BCUT2D eigenvalue weighted by Gasteiger charge is 2.15. The van der Waals surface area contributed by atoms with Gasteiger partial charge >= 0.3 is 0 Å². The summed E-state index contributed by atoms with van der Waals surface area (Å²) < 4.78 is 21.7. The maximum absolute atomic E-state index is 5.75. The SMILES string of the molecule is COc1ccc(-c2nnc(SCCN3CCOCC3)o2)c(OC)c1. The van der Waals surface area contributed by atoms with Crippen LogP contribution in [0.5, 0.6) is 11.5 Å². The van der Waals surface area contributed by atoms with Crippen LogP contribution in [0.15, 0.2) is 27.8 Å². The average molecular weight is 351 g/mol. The van der Waals surface area contributed by atoms with Crippen LogP contribution in [0.4, 0.5) is 0 Å². The monoisotopic (exact) mass is 351 g/mol. The van der Waals surface area contributed by atoms with Crippen LogP contribution < -0.4 is 9.47 Å². The average Bonchev–Trinajstić information content (AvgIpc) is 3.10. The Morgan fingerprint density at radius 1 is 1.17 bits per heavy atom. The van der Waals surface area contributed by atoms with Crippen LogP contribution in [0.25, 0.3) is 11.5 Å². The third kappa shape index (κ3) is 4.19. The fourth-order valence-electron chi connectivity index (χ4n) is 2.44. The molecule has 1 aliphatic heterocycles. The molecule has 2 heterocycles. The van der Waals surface area contributed by atoms with Gasteiger partial charge in [-0.05, 0) is 12.1 Å². The van der Waals surface area contributed by atoms with Crippen molar-refractivity contribution in [2.24, 2.45) is 0 Å². The second-order valence-electron chi connectivity index (χ2n) is 5.24. The van der Waals surface area contributed by atoms with E-state index in [1.54, 1.807) is 32.0 Å². The lowest BCUT2D eigenvalue weighted by Gasteiger charge is -2.25. The van der Waals surface area contributed by atoms with E-state index in [9.17, 15) is 0 Å². The van der Waals surface area contributed by atoms with E-state index >= 15 is 0 Å². The first-order valence-electron chi connectivity index (χ1n) is 7.79. The number of hydrogen-bond donors (Lipinski definition) is 0. The molecule has 0 bridgehead atoms. The molecule has 0 amide bonds. The summed E-state index contributed by atoms with van der Waals surface area (Å²) in [5.41, 5.74) is 0.755. The lowest BCUT2D eigenvalue weighted by atomic mass is 10.2. The predicted octanol–water partition coefficient (Wildman–Crippen LogP) is 2.18. The van der Waals surface area contributed by atoms with Gasteiger partial charge in [0.05, 0.1) is 33.0 Å². The molecule has 7 nitrogen and oxygen atoms in total. The summed E-state index contributed by atoms with van der Waals surface area (Å²) in [6.45, 7) is 4.58. The topological polar surface area (TPSA) is 69.9 Å². The standard InChI is InChI=1S/C16H21N3O4S/c1-20-12-3-4-13(14(11-12)21-2)15-17-18-16(23-15)24-10-7-19-5-8-22-9-6-19/h3-4,11H,5-10H2,1-2H3. The Hall–Kier alpha value is -1.77. The van der Waals surface area contributed by atoms with Crippen LogP contribution in [0, 0.1) is 0 Å². The van der Waals surface area contributed by atoms with Crippen molar-refractivity contribution in [1.29, 1.82) is 0 Å². The maximum atomic E-state index is 5.75. The van der Waals surface area contributed by atoms with Crippen molar-refractivity contribution in [2.75, 3.05) is 52.8 Å². The normalized spacial score (nSPS) is 15.4. The molecule has 24 heavy (non-hydrogen) atoms. The minimum absolute atomic E-state index is 0.448. The summed E-state index contributed by atoms with van der Waals surface area (Å²) in [5.74, 6) is 2.71. The van der Waals surface area contributed by atoms with Crippen LogP contribution in [0.1, 0.15) is 0 Å². The van der Waals surface area contributed by atoms with E-state index in [2.05, 4.69) is 15.1 Å². The highest BCUT2D eigenvalue weighted by Crippen LogP contribution is 2.33. The first kappa shape index (κ1) is 17.1. The van der Waals surface area contributed by atoms with E-state index in [-0.39, 0.29) is 0 Å². The van der Waals surface area contributed by atoms with Crippen LogP contribution in [0.2, 0.25) is 0 Å². The van der Waals surface area contributed by atoms with E-state index in [1.165, 1.54) is 0 Å². The summed E-state index contributed by atoms with van der Waals surface area (Å²) in [6.07, 6.45) is 0. The number of morpholine rings is 1. The molecule has 1 aromatic heterocycles. The summed E-state index contributed by atoms with van der Waals surface area (Å²) in [6, 6.07) is 5.49. The molecule has 1 aromatic carbocycles. The third-order valence-corrected chi connectivity index (χ3v) is 4.58. The molecule has 0 radical (unpaired) electrons. The molecule has 1 aliphatic rings. The lowest BCUT2D eigenvalue weighted by molar-refractivity contribution is 0.0410. The number of nitrogens with zero attached hydrogens (tertiary/aromatic N) is 3. The Labute approximate surface area is 145 Å². The third-order valence-electron chi connectivity index (χ3n) is 3.78. The Balaban J connectivity index is 1.60. The van der Waals surface area contributed by atoms with Crippen LogP contribution in [-0.2, 0) is 4.74 Å². The van der Waals surface area contributed by atoms with E-state index in [0.717, 1.165) is 49.9 Å². The number of ether oxygens (including phenoxy) is 3. The van der Waals surface area contributed by atoms with E-state index < -0.39 is 0 Å². The van der Waals surface area contributed by atoms with E-state index in [0.29, 0.717) is 16.9 Å². The van der Waals surface area contributed by atoms with Gasteiger partial charge in [0.25, 0.3) is 11.1 Å². The molecule has 2 aromatic rings. The summed E-state index contributed by atoms with van der Waals surface area (Å²) in [7, 11) is 3.22. The molecule has 8 heteroatoms. The number of thioether (sulfide) groups is 1. The zero-order valence-electron chi connectivity index (χ0n) is 13.9. The van der Waals surface area contributed by atoms with Crippen molar-refractivity contribution in [1.82, 2.24) is 15.1 Å². The van der Waals surface area contributed by atoms with Gasteiger partial charge in [-0.1, -0.05) is 11.8 Å². The first-order chi connectivity index (χ1) is 11.8. The number of rotatable bonds is 7. The van der Waals surface area contributed by atoms with Crippen molar-refractivity contribution in [3.63, 3.8) is 0 Å². The van der Waals surface area contributed by atoms with Gasteiger partial charge in [-0.2, -0.15) is 0 Å². The zero-order chi connectivity index (χ0) is 16.8. The molecule has 0 aliphatic carbocycles. The minimum Gasteiger partial charge on any atom is -0.497 e. The second kappa shape index (κ2) is 8.36. The van der Waals surface area contributed by atoms with Crippen LogP contribution >= 0.6 is 11.8 Å². The minimum atomic E-state index is 0.448. The van der Waals surface area contributed by atoms with E-state index in [4.69, 9.17) is 18.6 Å². The van der Waals surface area contributed by atoms with Crippen molar-refractivity contribution < 1.29 is 18.6 Å². The van der Waals surface area contributed by atoms with Gasteiger partial charge in [-0.3, -0.25) is 4.90 Å². The maximum Gasteiger partial charge on any atom is 0.276 e. The van der Waals surface area contributed by atoms with Crippen molar-refractivity contribution in [3.05, 3.63) is 18.2 Å². The van der Waals surface area contributed by atoms with Gasteiger partial charge in [-0.25, -0.2) is 0 Å². The fraction of sp³-hybridized carbons (Fsp3) is 0.500. The van der Waals surface area contributed by atoms with Crippen molar-refractivity contribution in [3.8, 4) is 23.0 Å². The van der Waals surface area contributed by atoms with Crippen LogP contribution in [-0.4, -0.2) is 67.9 Å². The summed E-state index contributed by atoms with van der Waals surface area (Å²) >= 11 is 1.56. The molecule has 3 rings (SSSR count). The highest BCUT2D eigenvalue weighted by atomic mass is 32.2. The Kier molecular flexibility index (Phi) is 5.95. The van der Waals surface area contributed by atoms with Gasteiger partial charge in [0.15, 0.2) is 0 Å². The van der Waals surface area contributed by atoms with Crippen molar-refractivity contribution >= 4 is 11.8 Å². The molecular weight excluding hydrogens is 330 g/mol. The van der Waals surface area contributed by atoms with Gasteiger partial charge in [0.1, 0.15) is 11.5 Å². The summed E-state index contributed by atoms with van der Waals surface area (Å²) in [5, 5.41) is 8.80. The molecule has 0 N–H and O–H groups in total. The fourth-order valence-corrected chi connectivity index (χ4v) is 3.20. The zero-order valence-corrected chi connectivity index (χ0v) is 14.7. The Morgan fingerprint density at radius 3 is 2.75 bits per heavy atom. The quantitative estimate of drug-likeness (QED) is 0.703. The van der Waals surface area contributed by atoms with Gasteiger partial charge in [-0.15, -0.1) is 10.2 Å². The van der Waals surface area contributed by atoms with Gasteiger partial charge in [0, 0.05) is 31.5 Å². The summed E-state index contributed by atoms with van der Waals surface area (Å²) in [4.78, 5) is 2.38. The molecule has 0 spiro atoms. The number of hydrogen-bond acceptors (Lipinski definition) is 8. The molecule has 0 saturated carbocycles. The number of benzene rings is 1. The highest BCUT2D eigenvalue weighted by molar-refractivity contribution is 7.99. The predicted molar refractivity (Wildman–Crippen MR) is 90.8 cm³/mol. The molecular formula is C16H21N3O4S. The lowest BCUT2D eigenvalue weighted by Crippen LogP contribution is -2.37. The molecule has 0 unspecified atom stereocenters. The number of methoxy groups -OCH3 is 2. The molecule has 0 atom stereocenters. The molecule has 1 fully saturated rings. The smallest absolute Gasteiger partial charge is 0.276 e. The number of aromatic nitrogens is 2. The van der Waals surface area contributed by atoms with Crippen LogP contribution in [0.3, 0.4) is 0 Å². The molecule has 1 saturated heterocycles. The van der Waals surface area contributed by atoms with Crippen molar-refractivity contribution in [2.45, 2.75) is 5.22 Å². The Morgan fingerprint density at radius 2 is 2.00 bits per heavy atom. The Bertz CT molecular complexity index is 659. The first-order valence-corrected chi connectivity index (χ1v) is 8.77. The second-order valence-corrected chi connectivity index (χ2v) is 6.29. The van der Waals surface area contributed by atoms with Gasteiger partial charge < -0.3 is 18.6 Å². The van der Waals surface area contributed by atoms with Gasteiger partial charge in [0.2, 0.25) is 0 Å². The largest absolute Gasteiger partial charge is 0.497 e. The molecule has 130 valence electrons. The van der Waals surface area contributed by atoms with E-state index in [1.807, 2.05) is 12.1 Å².